The summed E-state index contributed by atoms with van der Waals surface area (Å²) in [7, 11) is 0. The largest absolute Gasteiger partial charge is 0.371 e. The van der Waals surface area contributed by atoms with Crippen LogP contribution >= 0.6 is 11.6 Å². The van der Waals surface area contributed by atoms with E-state index in [1.165, 1.54) is 12.8 Å². The summed E-state index contributed by atoms with van der Waals surface area (Å²) in [6, 6.07) is 14.7. The first-order valence-electron chi connectivity index (χ1n) is 7.39. The van der Waals surface area contributed by atoms with Crippen LogP contribution in [0.15, 0.2) is 48.5 Å². The summed E-state index contributed by atoms with van der Waals surface area (Å²) in [5.41, 5.74) is 2.60. The highest BCUT2D eigenvalue weighted by atomic mass is 35.5. The third-order valence-corrected chi connectivity index (χ3v) is 3.89. The third-order valence-electron chi connectivity index (χ3n) is 3.66. The van der Waals surface area contributed by atoms with Crippen molar-refractivity contribution >= 4 is 34.7 Å². The number of anilines is 3. The lowest BCUT2D eigenvalue weighted by Crippen LogP contribution is -2.20. The van der Waals surface area contributed by atoms with Crippen LogP contribution in [0.25, 0.3) is 0 Å². The van der Waals surface area contributed by atoms with Crippen molar-refractivity contribution in [2.45, 2.75) is 12.8 Å². The number of benzene rings is 2. The first kappa shape index (κ1) is 14.7. The van der Waals surface area contributed by atoms with Crippen LogP contribution < -0.4 is 15.5 Å². The zero-order valence-corrected chi connectivity index (χ0v) is 12.9. The monoisotopic (exact) mass is 315 g/mol. The minimum atomic E-state index is -0.277. The van der Waals surface area contributed by atoms with Gasteiger partial charge in [-0.15, -0.1) is 0 Å². The van der Waals surface area contributed by atoms with E-state index in [9.17, 15) is 4.79 Å². The first-order chi connectivity index (χ1) is 10.7. The molecule has 2 amide bonds. The summed E-state index contributed by atoms with van der Waals surface area (Å²) < 4.78 is 0. The zero-order valence-electron chi connectivity index (χ0n) is 12.2. The molecular weight excluding hydrogens is 298 g/mol. The van der Waals surface area contributed by atoms with Crippen LogP contribution in [0.4, 0.5) is 21.9 Å². The molecule has 3 rings (SSSR count). The Balaban J connectivity index is 1.65. The van der Waals surface area contributed by atoms with Crippen molar-refractivity contribution in [3.8, 4) is 0 Å². The van der Waals surface area contributed by atoms with E-state index in [0.717, 1.165) is 24.5 Å². The lowest BCUT2D eigenvalue weighted by atomic mass is 10.2. The van der Waals surface area contributed by atoms with Gasteiger partial charge in [0.1, 0.15) is 0 Å². The van der Waals surface area contributed by atoms with Crippen LogP contribution in [0.3, 0.4) is 0 Å². The fraction of sp³-hybridized carbons (Fsp3) is 0.235. The second-order valence-electron chi connectivity index (χ2n) is 5.33. The normalized spacial score (nSPS) is 14.0. The van der Waals surface area contributed by atoms with Gasteiger partial charge in [0.25, 0.3) is 0 Å². The quantitative estimate of drug-likeness (QED) is 0.870. The molecule has 1 fully saturated rings. The van der Waals surface area contributed by atoms with Crippen molar-refractivity contribution in [3.05, 3.63) is 53.6 Å². The minimum absolute atomic E-state index is 0.277. The van der Waals surface area contributed by atoms with E-state index in [-0.39, 0.29) is 6.03 Å². The highest BCUT2D eigenvalue weighted by Crippen LogP contribution is 2.23. The van der Waals surface area contributed by atoms with Gasteiger partial charge in [-0.05, 0) is 49.2 Å². The Morgan fingerprint density at radius 3 is 2.27 bits per heavy atom. The Kier molecular flexibility index (Phi) is 4.49. The second kappa shape index (κ2) is 6.71. The second-order valence-corrected chi connectivity index (χ2v) is 5.77. The van der Waals surface area contributed by atoms with Gasteiger partial charge in [-0.1, -0.05) is 23.7 Å². The highest BCUT2D eigenvalue weighted by Gasteiger charge is 2.12. The number of amides is 2. The minimum Gasteiger partial charge on any atom is -0.371 e. The van der Waals surface area contributed by atoms with E-state index in [4.69, 9.17) is 11.6 Å². The molecule has 0 unspecified atom stereocenters. The fourth-order valence-electron chi connectivity index (χ4n) is 2.62. The molecule has 0 aromatic heterocycles. The van der Waals surface area contributed by atoms with Gasteiger partial charge in [0.2, 0.25) is 0 Å². The molecule has 22 heavy (non-hydrogen) atoms. The fourth-order valence-corrected chi connectivity index (χ4v) is 2.81. The Morgan fingerprint density at radius 2 is 1.59 bits per heavy atom. The molecule has 114 valence electrons. The molecule has 1 saturated heterocycles. The molecule has 2 aromatic carbocycles. The Morgan fingerprint density at radius 1 is 0.955 bits per heavy atom. The molecular formula is C17H18ClN3O. The number of rotatable bonds is 3. The van der Waals surface area contributed by atoms with E-state index in [1.54, 1.807) is 24.3 Å². The van der Waals surface area contributed by atoms with Gasteiger partial charge in [-0.3, -0.25) is 0 Å². The molecule has 0 radical (unpaired) electrons. The Labute approximate surface area is 135 Å². The molecule has 5 heteroatoms. The molecule has 0 saturated carbocycles. The smallest absolute Gasteiger partial charge is 0.323 e. The Hall–Kier alpha value is -2.20. The number of nitrogens with one attached hydrogen (secondary N) is 2. The SMILES string of the molecule is O=C(Nc1cccc(Cl)c1)Nc1cccc(N2CCCC2)c1. The number of hydrogen-bond donors (Lipinski definition) is 2. The summed E-state index contributed by atoms with van der Waals surface area (Å²) in [5.74, 6) is 0. The van der Waals surface area contributed by atoms with E-state index in [0.29, 0.717) is 10.7 Å². The van der Waals surface area contributed by atoms with Gasteiger partial charge in [0, 0.05) is 35.2 Å². The average Bonchev–Trinajstić information content (AvgIpc) is 3.01. The molecule has 0 bridgehead atoms. The van der Waals surface area contributed by atoms with Crippen LogP contribution in [0, 0.1) is 0 Å². The molecule has 1 heterocycles. The zero-order chi connectivity index (χ0) is 15.4. The van der Waals surface area contributed by atoms with E-state index in [2.05, 4.69) is 21.6 Å². The highest BCUT2D eigenvalue weighted by molar-refractivity contribution is 6.30. The van der Waals surface area contributed by atoms with Gasteiger partial charge >= 0.3 is 6.03 Å². The standard InChI is InChI=1S/C17H18ClN3O/c18-13-5-3-6-14(11-13)19-17(22)20-15-7-4-8-16(12-15)21-9-1-2-10-21/h3-8,11-12H,1-2,9-10H2,(H2,19,20,22). The molecule has 0 aliphatic carbocycles. The average molecular weight is 316 g/mol. The van der Waals surface area contributed by atoms with Crippen LogP contribution in [-0.2, 0) is 0 Å². The van der Waals surface area contributed by atoms with Gasteiger partial charge in [-0.2, -0.15) is 0 Å². The maximum absolute atomic E-state index is 12.0. The topological polar surface area (TPSA) is 44.4 Å². The van der Waals surface area contributed by atoms with Gasteiger partial charge < -0.3 is 15.5 Å². The predicted molar refractivity (Wildman–Crippen MR) is 92.0 cm³/mol. The van der Waals surface area contributed by atoms with Crippen molar-refractivity contribution in [2.24, 2.45) is 0 Å². The maximum atomic E-state index is 12.0. The summed E-state index contributed by atoms with van der Waals surface area (Å²) in [6.07, 6.45) is 2.46. The number of urea groups is 1. The predicted octanol–water partition coefficient (Wildman–Crippen LogP) is 4.58. The van der Waals surface area contributed by atoms with Crippen LogP contribution in [0.5, 0.6) is 0 Å². The molecule has 2 N–H and O–H groups in total. The van der Waals surface area contributed by atoms with E-state index >= 15 is 0 Å². The summed E-state index contributed by atoms with van der Waals surface area (Å²) in [4.78, 5) is 14.4. The maximum Gasteiger partial charge on any atom is 0.323 e. The van der Waals surface area contributed by atoms with Crippen molar-refractivity contribution in [1.82, 2.24) is 0 Å². The lowest BCUT2D eigenvalue weighted by molar-refractivity contribution is 0.262. The van der Waals surface area contributed by atoms with Crippen LogP contribution in [0.2, 0.25) is 5.02 Å². The summed E-state index contributed by atoms with van der Waals surface area (Å²) >= 11 is 5.90. The van der Waals surface area contributed by atoms with Gasteiger partial charge in [-0.25, -0.2) is 4.79 Å². The first-order valence-corrected chi connectivity index (χ1v) is 7.77. The van der Waals surface area contributed by atoms with Crippen LogP contribution in [0.1, 0.15) is 12.8 Å². The number of carbonyl (C=O) groups excluding carboxylic acids is 1. The number of hydrogen-bond acceptors (Lipinski definition) is 2. The molecule has 4 nitrogen and oxygen atoms in total. The van der Waals surface area contributed by atoms with Gasteiger partial charge in [0.15, 0.2) is 0 Å². The van der Waals surface area contributed by atoms with Crippen LogP contribution in [-0.4, -0.2) is 19.1 Å². The number of halogens is 1. The molecule has 0 atom stereocenters. The molecule has 2 aromatic rings. The third kappa shape index (κ3) is 3.71. The van der Waals surface area contributed by atoms with Crippen molar-refractivity contribution < 1.29 is 4.79 Å². The number of carbonyl (C=O) groups is 1. The Bertz CT molecular complexity index is 668. The summed E-state index contributed by atoms with van der Waals surface area (Å²) in [5, 5.41) is 6.22. The molecule has 0 spiro atoms. The van der Waals surface area contributed by atoms with E-state index < -0.39 is 0 Å². The lowest BCUT2D eigenvalue weighted by Gasteiger charge is -2.18. The summed E-state index contributed by atoms with van der Waals surface area (Å²) in [6.45, 7) is 2.16. The molecule has 1 aliphatic rings. The van der Waals surface area contributed by atoms with Crippen molar-refractivity contribution in [2.75, 3.05) is 28.6 Å². The molecule has 1 aliphatic heterocycles. The number of nitrogens with zero attached hydrogens (tertiary/aromatic N) is 1. The van der Waals surface area contributed by atoms with Crippen molar-refractivity contribution in [1.29, 1.82) is 0 Å². The van der Waals surface area contributed by atoms with E-state index in [1.807, 2.05) is 18.2 Å². The van der Waals surface area contributed by atoms with Crippen molar-refractivity contribution in [3.63, 3.8) is 0 Å². The van der Waals surface area contributed by atoms with Gasteiger partial charge in [0.05, 0.1) is 0 Å².